The summed E-state index contributed by atoms with van der Waals surface area (Å²) >= 11 is 6.75. The van der Waals surface area contributed by atoms with Crippen LogP contribution in [0, 0.1) is 0 Å². The molecule has 234 valence electrons. The minimum atomic E-state index is -3.07. The van der Waals surface area contributed by atoms with Crippen molar-refractivity contribution >= 4 is 38.6 Å². The SMILES string of the molecule is CC(C)(C)[Si](C)(C)OC1C(F)C(n2ccc(=O)[nH]c2=O)O[C@]1(CCl)CO[Si](c1ccccc1)(c1ccccc1)C(C)(C)C. The molecule has 1 aromatic heterocycles. The predicted molar refractivity (Wildman–Crippen MR) is 175 cm³/mol. The van der Waals surface area contributed by atoms with Crippen LogP contribution in [0.3, 0.4) is 0 Å². The van der Waals surface area contributed by atoms with Crippen molar-refractivity contribution in [2.45, 2.75) is 88.8 Å². The van der Waals surface area contributed by atoms with Gasteiger partial charge in [-0.15, -0.1) is 11.6 Å². The van der Waals surface area contributed by atoms with Crippen LogP contribution in [-0.4, -0.2) is 56.5 Å². The van der Waals surface area contributed by atoms with Gasteiger partial charge in [0.05, 0.1) is 12.5 Å². The van der Waals surface area contributed by atoms with E-state index in [1.807, 2.05) is 49.5 Å². The van der Waals surface area contributed by atoms with E-state index in [-0.39, 0.29) is 22.6 Å². The molecule has 4 atom stereocenters. The van der Waals surface area contributed by atoms with Gasteiger partial charge in [-0.2, -0.15) is 0 Å². The zero-order valence-corrected chi connectivity index (χ0v) is 29.1. The van der Waals surface area contributed by atoms with Crippen LogP contribution >= 0.6 is 11.6 Å². The zero-order chi connectivity index (χ0) is 31.8. The highest BCUT2D eigenvalue weighted by Gasteiger charge is 2.61. The van der Waals surface area contributed by atoms with Crippen LogP contribution < -0.4 is 21.6 Å². The highest BCUT2D eigenvalue weighted by Crippen LogP contribution is 2.47. The Labute approximate surface area is 260 Å². The first kappa shape index (κ1) is 33.5. The van der Waals surface area contributed by atoms with E-state index in [2.05, 4.69) is 70.8 Å². The Morgan fingerprint density at radius 3 is 1.91 bits per heavy atom. The Kier molecular flexibility index (Phi) is 9.53. The molecule has 0 radical (unpaired) electrons. The van der Waals surface area contributed by atoms with E-state index in [1.165, 1.54) is 12.3 Å². The molecule has 1 aliphatic rings. The first-order valence-corrected chi connectivity index (χ1v) is 20.0. The third-order valence-corrected chi connectivity index (χ3v) is 18.9. The summed E-state index contributed by atoms with van der Waals surface area (Å²) < 4.78 is 38.3. The summed E-state index contributed by atoms with van der Waals surface area (Å²) in [5, 5.41) is 1.53. The van der Waals surface area contributed by atoms with Crippen LogP contribution in [0.15, 0.2) is 82.5 Å². The second-order valence-corrected chi connectivity index (χ2v) is 23.2. The van der Waals surface area contributed by atoms with Gasteiger partial charge >= 0.3 is 5.69 Å². The molecule has 2 aromatic carbocycles. The molecule has 1 fully saturated rings. The monoisotopic (exact) mass is 646 g/mol. The van der Waals surface area contributed by atoms with Crippen molar-refractivity contribution in [1.82, 2.24) is 9.55 Å². The van der Waals surface area contributed by atoms with Gasteiger partial charge < -0.3 is 13.6 Å². The van der Waals surface area contributed by atoms with Gasteiger partial charge in [-0.25, -0.2) is 9.18 Å². The van der Waals surface area contributed by atoms with Gasteiger partial charge in [0.2, 0.25) is 0 Å². The van der Waals surface area contributed by atoms with Crippen LogP contribution in [0.5, 0.6) is 0 Å². The van der Waals surface area contributed by atoms with Gasteiger partial charge in [-0.3, -0.25) is 14.3 Å². The number of aromatic amines is 1. The number of alkyl halides is 2. The van der Waals surface area contributed by atoms with Gasteiger partial charge in [-0.05, 0) is 33.5 Å². The Morgan fingerprint density at radius 1 is 0.930 bits per heavy atom. The van der Waals surface area contributed by atoms with Crippen LogP contribution in [-0.2, 0) is 13.6 Å². The summed E-state index contributed by atoms with van der Waals surface area (Å²) in [6, 6.07) is 21.4. The summed E-state index contributed by atoms with van der Waals surface area (Å²) in [5.41, 5.74) is -2.80. The lowest BCUT2D eigenvalue weighted by molar-refractivity contribution is -0.109. The summed E-state index contributed by atoms with van der Waals surface area (Å²) in [6.07, 6.45) is -3.03. The standard InChI is InChI=1S/C32H44ClFN2O5Si2/c1-30(2,3)42(7,8)41-27-26(34)28(36-20-19-25(37)35-29(36)38)40-32(27,21-33)22-39-43(31(4,5)6,23-15-11-9-12-16-23)24-17-13-10-14-18-24/h9-20,26-28H,21-22H2,1-8H3,(H,35,37,38)/t26?,27?,28?,32-/m1/s1. The van der Waals surface area contributed by atoms with Gasteiger partial charge in [0.15, 0.2) is 20.7 Å². The van der Waals surface area contributed by atoms with E-state index in [0.717, 1.165) is 14.9 Å². The molecule has 1 saturated heterocycles. The van der Waals surface area contributed by atoms with E-state index in [1.54, 1.807) is 0 Å². The number of halogens is 2. The molecular formula is C32H44ClFN2O5Si2. The van der Waals surface area contributed by atoms with Crippen molar-refractivity contribution in [3.05, 3.63) is 93.8 Å². The smallest absolute Gasteiger partial charge is 0.330 e. The Bertz CT molecular complexity index is 1460. The second kappa shape index (κ2) is 12.2. The summed E-state index contributed by atoms with van der Waals surface area (Å²) in [7, 11) is -5.65. The van der Waals surface area contributed by atoms with Crippen molar-refractivity contribution < 1.29 is 18.0 Å². The molecule has 3 aromatic rings. The van der Waals surface area contributed by atoms with Crippen LogP contribution in [0.1, 0.15) is 47.8 Å². The first-order valence-electron chi connectivity index (χ1n) is 14.6. The Morgan fingerprint density at radius 2 is 1.47 bits per heavy atom. The minimum Gasteiger partial charge on any atom is -0.408 e. The molecule has 43 heavy (non-hydrogen) atoms. The number of H-pyrrole nitrogens is 1. The van der Waals surface area contributed by atoms with E-state index < -0.39 is 52.0 Å². The fourth-order valence-corrected chi connectivity index (χ4v) is 11.8. The van der Waals surface area contributed by atoms with Gasteiger partial charge in [0, 0.05) is 12.3 Å². The molecule has 7 nitrogen and oxygen atoms in total. The highest BCUT2D eigenvalue weighted by molar-refractivity contribution is 6.99. The fourth-order valence-electron chi connectivity index (χ4n) is 5.57. The predicted octanol–water partition coefficient (Wildman–Crippen LogP) is 5.35. The maximum Gasteiger partial charge on any atom is 0.330 e. The number of benzene rings is 2. The quantitative estimate of drug-likeness (QED) is 0.251. The number of nitrogens with zero attached hydrogens (tertiary/aromatic N) is 1. The van der Waals surface area contributed by atoms with Crippen LogP contribution in [0.4, 0.5) is 4.39 Å². The lowest BCUT2D eigenvalue weighted by atomic mass is 9.99. The summed E-state index contributed by atoms with van der Waals surface area (Å²) in [6.45, 7) is 16.7. The fraction of sp³-hybridized carbons (Fsp3) is 0.500. The number of rotatable bonds is 9. The normalized spacial score (nSPS) is 23.4. The summed E-state index contributed by atoms with van der Waals surface area (Å²) in [5.74, 6) is -0.139. The Balaban J connectivity index is 1.87. The molecule has 1 N–H and O–H groups in total. The maximum absolute atomic E-state index is 16.7. The molecule has 0 spiro atoms. The van der Waals surface area contributed by atoms with Crippen molar-refractivity contribution in [2.24, 2.45) is 0 Å². The minimum absolute atomic E-state index is 0.0713. The molecular weight excluding hydrogens is 603 g/mol. The molecule has 0 aliphatic carbocycles. The molecule has 11 heteroatoms. The van der Waals surface area contributed by atoms with E-state index in [9.17, 15) is 9.59 Å². The molecule has 1 aliphatic heterocycles. The lowest BCUT2D eigenvalue weighted by Gasteiger charge is -2.47. The van der Waals surface area contributed by atoms with E-state index in [4.69, 9.17) is 25.2 Å². The van der Waals surface area contributed by atoms with Crippen molar-refractivity contribution in [3.63, 3.8) is 0 Å². The number of ether oxygens (including phenoxy) is 1. The van der Waals surface area contributed by atoms with E-state index in [0.29, 0.717) is 0 Å². The maximum atomic E-state index is 16.7. The molecule has 0 saturated carbocycles. The number of hydrogen-bond donors (Lipinski definition) is 1. The number of hydrogen-bond acceptors (Lipinski definition) is 5. The Hall–Kier alpha value is -2.35. The lowest BCUT2D eigenvalue weighted by Crippen LogP contribution is -2.68. The van der Waals surface area contributed by atoms with Gasteiger partial charge in [-0.1, -0.05) is 102 Å². The van der Waals surface area contributed by atoms with E-state index >= 15 is 4.39 Å². The molecule has 3 unspecified atom stereocenters. The third kappa shape index (κ3) is 6.28. The third-order valence-electron chi connectivity index (χ3n) is 8.96. The molecule has 2 heterocycles. The number of nitrogens with one attached hydrogen (secondary N) is 1. The van der Waals surface area contributed by atoms with Crippen molar-refractivity contribution in [3.8, 4) is 0 Å². The van der Waals surface area contributed by atoms with Crippen LogP contribution in [0.2, 0.25) is 23.2 Å². The average Bonchev–Trinajstić information content (AvgIpc) is 3.20. The first-order chi connectivity index (χ1) is 20.0. The molecule has 4 rings (SSSR count). The highest BCUT2D eigenvalue weighted by atomic mass is 35.5. The zero-order valence-electron chi connectivity index (χ0n) is 26.3. The van der Waals surface area contributed by atoms with Crippen LogP contribution in [0.25, 0.3) is 0 Å². The molecule has 0 bridgehead atoms. The van der Waals surface area contributed by atoms with Crippen molar-refractivity contribution in [1.29, 1.82) is 0 Å². The van der Waals surface area contributed by atoms with Gasteiger partial charge in [0.1, 0.15) is 11.7 Å². The topological polar surface area (TPSA) is 82.6 Å². The molecule has 0 amide bonds. The van der Waals surface area contributed by atoms with Crippen molar-refractivity contribution in [2.75, 3.05) is 12.5 Å². The van der Waals surface area contributed by atoms with Gasteiger partial charge in [0.25, 0.3) is 13.9 Å². The average molecular weight is 647 g/mol. The largest absolute Gasteiger partial charge is 0.408 e. The summed E-state index contributed by atoms with van der Waals surface area (Å²) in [4.78, 5) is 26.8. The second-order valence-electron chi connectivity index (χ2n) is 13.9. The number of aromatic nitrogens is 2.